The van der Waals surface area contributed by atoms with Crippen molar-refractivity contribution in [1.29, 1.82) is 0 Å². The van der Waals surface area contributed by atoms with Crippen LogP contribution in [0, 0.1) is 5.92 Å². The first-order valence-corrected chi connectivity index (χ1v) is 7.02. The van der Waals surface area contributed by atoms with Crippen LogP contribution in [-0.2, 0) is 4.79 Å². The third-order valence-corrected chi connectivity index (χ3v) is 4.27. The topological polar surface area (TPSA) is 55.1 Å². The first kappa shape index (κ1) is 12.9. The van der Waals surface area contributed by atoms with E-state index >= 15 is 0 Å². The molecule has 1 heterocycles. The molecule has 0 bridgehead atoms. The third kappa shape index (κ3) is 2.46. The van der Waals surface area contributed by atoms with Gasteiger partial charge in [0.1, 0.15) is 0 Å². The summed E-state index contributed by atoms with van der Waals surface area (Å²) in [5, 5.41) is 13.7. The Morgan fingerprint density at radius 2 is 2.00 bits per heavy atom. The van der Waals surface area contributed by atoms with E-state index in [4.69, 9.17) is 0 Å². The largest absolute Gasteiger partial charge is 0.481 e. The monoisotopic (exact) mass is 270 g/mol. The van der Waals surface area contributed by atoms with E-state index in [1.807, 2.05) is 35.1 Å². The molecule has 1 aromatic heterocycles. The molecule has 0 radical (unpaired) electrons. The van der Waals surface area contributed by atoms with E-state index in [0.29, 0.717) is 12.3 Å². The van der Waals surface area contributed by atoms with Crippen molar-refractivity contribution in [3.63, 3.8) is 0 Å². The van der Waals surface area contributed by atoms with Crippen molar-refractivity contribution in [2.24, 2.45) is 5.92 Å². The zero-order valence-corrected chi connectivity index (χ0v) is 11.2. The SMILES string of the molecule is O=C(O)C1CCC(c2ccccc2)CC1n1cccn1. The van der Waals surface area contributed by atoms with Gasteiger partial charge < -0.3 is 5.11 Å². The number of carboxylic acids is 1. The summed E-state index contributed by atoms with van der Waals surface area (Å²) in [6.07, 6.45) is 6.06. The summed E-state index contributed by atoms with van der Waals surface area (Å²) in [5.41, 5.74) is 1.30. The molecule has 1 aliphatic rings. The van der Waals surface area contributed by atoms with E-state index in [1.165, 1.54) is 5.56 Å². The highest BCUT2D eigenvalue weighted by molar-refractivity contribution is 5.70. The van der Waals surface area contributed by atoms with E-state index in [9.17, 15) is 9.90 Å². The molecule has 1 N–H and O–H groups in total. The van der Waals surface area contributed by atoms with Crippen LogP contribution in [0.4, 0.5) is 0 Å². The number of benzene rings is 1. The van der Waals surface area contributed by atoms with Gasteiger partial charge in [-0.05, 0) is 36.8 Å². The fourth-order valence-electron chi connectivity index (χ4n) is 3.23. The number of carboxylic acid groups (broad SMARTS) is 1. The molecular weight excluding hydrogens is 252 g/mol. The molecule has 3 unspecified atom stereocenters. The van der Waals surface area contributed by atoms with Gasteiger partial charge in [-0.3, -0.25) is 9.48 Å². The first-order valence-electron chi connectivity index (χ1n) is 7.02. The summed E-state index contributed by atoms with van der Waals surface area (Å²) in [6, 6.07) is 12.2. The van der Waals surface area contributed by atoms with Gasteiger partial charge in [-0.2, -0.15) is 5.10 Å². The molecule has 4 nitrogen and oxygen atoms in total. The molecule has 0 aliphatic heterocycles. The molecule has 104 valence electrons. The Kier molecular flexibility index (Phi) is 3.54. The van der Waals surface area contributed by atoms with Crippen molar-refractivity contribution in [2.45, 2.75) is 31.2 Å². The Morgan fingerprint density at radius 3 is 2.65 bits per heavy atom. The Balaban J connectivity index is 1.85. The van der Waals surface area contributed by atoms with Crippen molar-refractivity contribution in [2.75, 3.05) is 0 Å². The second kappa shape index (κ2) is 5.49. The Morgan fingerprint density at radius 1 is 1.20 bits per heavy atom. The number of carbonyl (C=O) groups is 1. The lowest BCUT2D eigenvalue weighted by molar-refractivity contribution is -0.144. The van der Waals surface area contributed by atoms with Gasteiger partial charge in [0.2, 0.25) is 0 Å². The maximum absolute atomic E-state index is 11.5. The van der Waals surface area contributed by atoms with Gasteiger partial charge in [-0.25, -0.2) is 0 Å². The second-order valence-corrected chi connectivity index (χ2v) is 5.42. The average Bonchev–Trinajstić information content (AvgIpc) is 3.01. The van der Waals surface area contributed by atoms with Crippen LogP contribution in [0.2, 0.25) is 0 Å². The normalized spacial score (nSPS) is 26.3. The quantitative estimate of drug-likeness (QED) is 0.932. The molecule has 4 heteroatoms. The van der Waals surface area contributed by atoms with Gasteiger partial charge in [0.15, 0.2) is 0 Å². The van der Waals surface area contributed by atoms with Gasteiger partial charge in [0, 0.05) is 12.4 Å². The smallest absolute Gasteiger partial charge is 0.308 e. The van der Waals surface area contributed by atoms with Crippen LogP contribution >= 0.6 is 0 Å². The molecule has 2 aromatic rings. The number of hydrogen-bond acceptors (Lipinski definition) is 2. The highest BCUT2D eigenvalue weighted by Gasteiger charge is 2.36. The molecule has 3 rings (SSSR count). The molecule has 1 saturated carbocycles. The van der Waals surface area contributed by atoms with Crippen LogP contribution in [0.1, 0.15) is 36.8 Å². The predicted octanol–water partition coefficient (Wildman–Crippen LogP) is 3.09. The zero-order valence-electron chi connectivity index (χ0n) is 11.2. The fourth-order valence-corrected chi connectivity index (χ4v) is 3.23. The van der Waals surface area contributed by atoms with Crippen molar-refractivity contribution in [3.8, 4) is 0 Å². The zero-order chi connectivity index (χ0) is 13.9. The van der Waals surface area contributed by atoms with Crippen LogP contribution in [-0.4, -0.2) is 20.9 Å². The molecule has 0 saturated heterocycles. The van der Waals surface area contributed by atoms with Crippen molar-refractivity contribution >= 4 is 5.97 Å². The molecule has 0 amide bonds. The van der Waals surface area contributed by atoms with Crippen LogP contribution in [0.25, 0.3) is 0 Å². The summed E-state index contributed by atoms with van der Waals surface area (Å²) < 4.78 is 1.81. The highest BCUT2D eigenvalue weighted by atomic mass is 16.4. The number of aromatic nitrogens is 2. The molecule has 3 atom stereocenters. The van der Waals surface area contributed by atoms with E-state index in [1.54, 1.807) is 6.20 Å². The molecular formula is C16H18N2O2. The standard InChI is InChI=1S/C16H18N2O2/c19-16(20)14-8-7-13(12-5-2-1-3-6-12)11-15(14)18-10-4-9-17-18/h1-6,9-10,13-15H,7-8,11H2,(H,19,20). The van der Waals surface area contributed by atoms with E-state index in [-0.39, 0.29) is 12.0 Å². The van der Waals surface area contributed by atoms with E-state index < -0.39 is 5.97 Å². The minimum absolute atomic E-state index is 0.0542. The Hall–Kier alpha value is -2.10. The van der Waals surface area contributed by atoms with Crippen LogP contribution < -0.4 is 0 Å². The van der Waals surface area contributed by atoms with Gasteiger partial charge in [-0.15, -0.1) is 0 Å². The summed E-state index contributed by atoms with van der Waals surface area (Å²) in [4.78, 5) is 11.5. The van der Waals surface area contributed by atoms with Crippen molar-refractivity contribution < 1.29 is 9.90 Å². The van der Waals surface area contributed by atoms with E-state index in [0.717, 1.165) is 12.8 Å². The number of rotatable bonds is 3. The lowest BCUT2D eigenvalue weighted by Gasteiger charge is -2.34. The maximum Gasteiger partial charge on any atom is 0.308 e. The Labute approximate surface area is 118 Å². The predicted molar refractivity (Wildman–Crippen MR) is 75.4 cm³/mol. The number of aliphatic carboxylic acids is 1. The Bertz CT molecular complexity index is 565. The van der Waals surface area contributed by atoms with Crippen LogP contribution in [0.3, 0.4) is 0 Å². The minimum atomic E-state index is -0.711. The summed E-state index contributed by atoms with van der Waals surface area (Å²) >= 11 is 0. The third-order valence-electron chi connectivity index (χ3n) is 4.27. The summed E-state index contributed by atoms with van der Waals surface area (Å²) in [5.74, 6) is -0.632. The number of nitrogens with zero attached hydrogens (tertiary/aromatic N) is 2. The summed E-state index contributed by atoms with van der Waals surface area (Å²) in [7, 11) is 0. The van der Waals surface area contributed by atoms with E-state index in [2.05, 4.69) is 17.2 Å². The van der Waals surface area contributed by atoms with Gasteiger partial charge >= 0.3 is 5.97 Å². The molecule has 1 fully saturated rings. The van der Waals surface area contributed by atoms with Crippen LogP contribution in [0.5, 0.6) is 0 Å². The van der Waals surface area contributed by atoms with Gasteiger partial charge in [-0.1, -0.05) is 30.3 Å². The maximum atomic E-state index is 11.5. The molecule has 1 aliphatic carbocycles. The first-order chi connectivity index (χ1) is 9.75. The molecule has 0 spiro atoms. The van der Waals surface area contributed by atoms with Gasteiger partial charge in [0.05, 0.1) is 12.0 Å². The van der Waals surface area contributed by atoms with Crippen molar-refractivity contribution in [1.82, 2.24) is 9.78 Å². The molecule has 1 aromatic carbocycles. The fraction of sp³-hybridized carbons (Fsp3) is 0.375. The molecule has 20 heavy (non-hydrogen) atoms. The van der Waals surface area contributed by atoms with Crippen LogP contribution in [0.15, 0.2) is 48.8 Å². The average molecular weight is 270 g/mol. The van der Waals surface area contributed by atoms with Gasteiger partial charge in [0.25, 0.3) is 0 Å². The minimum Gasteiger partial charge on any atom is -0.481 e. The van der Waals surface area contributed by atoms with Crippen molar-refractivity contribution in [3.05, 3.63) is 54.4 Å². The summed E-state index contributed by atoms with van der Waals surface area (Å²) in [6.45, 7) is 0. The number of hydrogen-bond donors (Lipinski definition) is 1. The lowest BCUT2D eigenvalue weighted by atomic mass is 9.75. The lowest BCUT2D eigenvalue weighted by Crippen LogP contribution is -2.32. The second-order valence-electron chi connectivity index (χ2n) is 5.42. The highest BCUT2D eigenvalue weighted by Crippen LogP contribution is 2.41.